The molecule has 1 aliphatic heterocycles. The van der Waals surface area contributed by atoms with Crippen molar-refractivity contribution >= 4 is 16.9 Å². The third-order valence-corrected chi connectivity index (χ3v) is 4.20. The molecule has 6 nitrogen and oxygen atoms in total. The molecule has 0 bridgehead atoms. The van der Waals surface area contributed by atoms with Gasteiger partial charge >= 0.3 is 5.97 Å². The van der Waals surface area contributed by atoms with Crippen LogP contribution < -0.4 is 4.74 Å². The van der Waals surface area contributed by atoms with E-state index in [0.717, 1.165) is 36.8 Å². The number of aromatic nitrogens is 2. The maximum Gasteiger partial charge on any atom is 0.307 e. The smallest absolute Gasteiger partial charge is 0.307 e. The number of aryl methyl sites for hydroxylation is 1. The molecule has 1 saturated heterocycles. The monoisotopic (exact) mass is 303 g/mol. The van der Waals surface area contributed by atoms with Gasteiger partial charge in [0.1, 0.15) is 0 Å². The van der Waals surface area contributed by atoms with E-state index >= 15 is 0 Å². The van der Waals surface area contributed by atoms with Crippen LogP contribution in [0.15, 0.2) is 24.3 Å². The number of carbonyl (C=O) groups is 1. The lowest BCUT2D eigenvalue weighted by atomic mass is 10.1. The number of nitrogens with zero attached hydrogens (tertiary/aromatic N) is 3. The Labute approximate surface area is 129 Å². The number of rotatable bonds is 6. The van der Waals surface area contributed by atoms with E-state index in [1.807, 2.05) is 36.0 Å². The zero-order chi connectivity index (χ0) is 15.5. The normalized spacial score (nSPS) is 18.9. The standard InChI is InChI=1S/C16H21N3O3/c1-18-14-6-3-2-5-13(14)15(17-18)22-10-4-8-19-9-7-12(11-19)16(20)21/h2-3,5-6,12H,4,7-11H2,1H3,(H,20,21). The lowest BCUT2D eigenvalue weighted by Crippen LogP contribution is -2.25. The van der Waals surface area contributed by atoms with Crippen molar-refractivity contribution in [1.82, 2.24) is 14.7 Å². The van der Waals surface area contributed by atoms with Crippen LogP contribution in [0.25, 0.3) is 10.9 Å². The molecule has 1 N–H and O–H groups in total. The number of likely N-dealkylation sites (tertiary alicyclic amines) is 1. The van der Waals surface area contributed by atoms with Gasteiger partial charge in [-0.25, -0.2) is 0 Å². The van der Waals surface area contributed by atoms with Crippen LogP contribution in [-0.2, 0) is 11.8 Å². The lowest BCUT2D eigenvalue weighted by molar-refractivity contribution is -0.141. The van der Waals surface area contributed by atoms with Gasteiger partial charge in [0, 0.05) is 20.1 Å². The van der Waals surface area contributed by atoms with Gasteiger partial charge in [-0.1, -0.05) is 12.1 Å². The quantitative estimate of drug-likeness (QED) is 0.824. The number of fused-ring (bicyclic) bond motifs is 1. The SMILES string of the molecule is Cn1nc(OCCCN2CCC(C(=O)O)C2)c2ccccc21. The van der Waals surface area contributed by atoms with Crippen LogP contribution in [0.1, 0.15) is 12.8 Å². The molecule has 0 aliphatic carbocycles. The second-order valence-electron chi connectivity index (χ2n) is 5.77. The molecule has 3 rings (SSSR count). The second kappa shape index (κ2) is 6.36. The first-order valence-corrected chi connectivity index (χ1v) is 7.65. The molecule has 2 heterocycles. The molecular weight excluding hydrogens is 282 g/mol. The van der Waals surface area contributed by atoms with Crippen LogP contribution in [0.4, 0.5) is 0 Å². The fraction of sp³-hybridized carbons (Fsp3) is 0.500. The highest BCUT2D eigenvalue weighted by Crippen LogP contribution is 2.24. The number of carboxylic acids is 1. The third-order valence-electron chi connectivity index (χ3n) is 4.20. The van der Waals surface area contributed by atoms with Gasteiger partial charge < -0.3 is 14.7 Å². The van der Waals surface area contributed by atoms with E-state index in [0.29, 0.717) is 19.0 Å². The maximum atomic E-state index is 10.9. The number of aliphatic carboxylic acids is 1. The van der Waals surface area contributed by atoms with E-state index in [1.54, 1.807) is 0 Å². The van der Waals surface area contributed by atoms with Crippen molar-refractivity contribution in [2.45, 2.75) is 12.8 Å². The van der Waals surface area contributed by atoms with Crippen LogP contribution in [0, 0.1) is 5.92 Å². The Morgan fingerprint density at radius 2 is 2.27 bits per heavy atom. The van der Waals surface area contributed by atoms with Crippen LogP contribution in [0.2, 0.25) is 0 Å². The maximum absolute atomic E-state index is 10.9. The van der Waals surface area contributed by atoms with Crippen molar-refractivity contribution in [2.24, 2.45) is 13.0 Å². The molecule has 0 spiro atoms. The fourth-order valence-corrected chi connectivity index (χ4v) is 2.98. The molecule has 1 aromatic carbocycles. The minimum Gasteiger partial charge on any atom is -0.481 e. The molecule has 2 aromatic rings. The molecule has 0 amide bonds. The van der Waals surface area contributed by atoms with Crippen molar-refractivity contribution in [2.75, 3.05) is 26.2 Å². The largest absolute Gasteiger partial charge is 0.481 e. The summed E-state index contributed by atoms with van der Waals surface area (Å²) in [7, 11) is 1.91. The van der Waals surface area contributed by atoms with Gasteiger partial charge in [0.05, 0.1) is 23.4 Å². The average Bonchev–Trinajstić information content (AvgIpc) is 3.10. The van der Waals surface area contributed by atoms with Crippen LogP contribution in [-0.4, -0.2) is 52.0 Å². The van der Waals surface area contributed by atoms with E-state index < -0.39 is 5.97 Å². The highest BCUT2D eigenvalue weighted by Gasteiger charge is 2.27. The Balaban J connectivity index is 1.48. The van der Waals surface area contributed by atoms with Gasteiger partial charge in [-0.05, 0) is 31.5 Å². The zero-order valence-electron chi connectivity index (χ0n) is 12.7. The van der Waals surface area contributed by atoms with Gasteiger partial charge in [0.25, 0.3) is 0 Å². The molecule has 1 aromatic heterocycles. The van der Waals surface area contributed by atoms with Gasteiger partial charge in [-0.15, -0.1) is 5.10 Å². The summed E-state index contributed by atoms with van der Waals surface area (Å²) in [4.78, 5) is 13.1. The number of carboxylic acid groups (broad SMARTS) is 1. The summed E-state index contributed by atoms with van der Waals surface area (Å²) in [5.41, 5.74) is 1.06. The van der Waals surface area contributed by atoms with Crippen LogP contribution in [0.5, 0.6) is 5.88 Å². The first kappa shape index (κ1) is 14.8. The van der Waals surface area contributed by atoms with Crippen molar-refractivity contribution in [3.63, 3.8) is 0 Å². The van der Waals surface area contributed by atoms with Crippen LogP contribution >= 0.6 is 0 Å². The Bertz CT molecular complexity index is 668. The Morgan fingerprint density at radius 1 is 1.45 bits per heavy atom. The minimum absolute atomic E-state index is 0.208. The predicted octanol–water partition coefficient (Wildman–Crippen LogP) is 1.75. The molecule has 118 valence electrons. The van der Waals surface area contributed by atoms with Crippen molar-refractivity contribution in [1.29, 1.82) is 0 Å². The Hall–Kier alpha value is -2.08. The molecule has 1 aliphatic rings. The summed E-state index contributed by atoms with van der Waals surface area (Å²) in [6, 6.07) is 7.99. The molecule has 0 radical (unpaired) electrons. The summed E-state index contributed by atoms with van der Waals surface area (Å²) < 4.78 is 7.62. The first-order valence-electron chi connectivity index (χ1n) is 7.65. The Morgan fingerprint density at radius 3 is 3.05 bits per heavy atom. The van der Waals surface area contributed by atoms with Crippen molar-refractivity contribution in [3.05, 3.63) is 24.3 Å². The number of ether oxygens (including phenoxy) is 1. The number of benzene rings is 1. The van der Waals surface area contributed by atoms with Gasteiger partial charge in [-0.2, -0.15) is 0 Å². The molecule has 1 fully saturated rings. The predicted molar refractivity (Wildman–Crippen MR) is 83.0 cm³/mol. The van der Waals surface area contributed by atoms with E-state index in [1.165, 1.54) is 0 Å². The molecular formula is C16H21N3O3. The molecule has 0 saturated carbocycles. The first-order chi connectivity index (χ1) is 10.6. The van der Waals surface area contributed by atoms with Crippen molar-refractivity contribution in [3.8, 4) is 5.88 Å². The number of para-hydroxylation sites is 1. The minimum atomic E-state index is -0.682. The van der Waals surface area contributed by atoms with E-state index in [9.17, 15) is 4.79 Å². The third kappa shape index (κ3) is 3.06. The molecule has 22 heavy (non-hydrogen) atoms. The summed E-state index contributed by atoms with van der Waals surface area (Å²) in [5, 5.41) is 14.4. The average molecular weight is 303 g/mol. The fourth-order valence-electron chi connectivity index (χ4n) is 2.98. The number of hydrogen-bond acceptors (Lipinski definition) is 4. The highest BCUT2D eigenvalue weighted by atomic mass is 16.5. The summed E-state index contributed by atoms with van der Waals surface area (Å²) in [6.45, 7) is 2.98. The summed E-state index contributed by atoms with van der Waals surface area (Å²) in [5.74, 6) is -0.220. The zero-order valence-corrected chi connectivity index (χ0v) is 12.7. The van der Waals surface area contributed by atoms with Crippen LogP contribution in [0.3, 0.4) is 0 Å². The van der Waals surface area contributed by atoms with E-state index in [4.69, 9.17) is 9.84 Å². The highest BCUT2D eigenvalue weighted by molar-refractivity contribution is 5.84. The van der Waals surface area contributed by atoms with Crippen molar-refractivity contribution < 1.29 is 14.6 Å². The number of hydrogen-bond donors (Lipinski definition) is 1. The summed E-state index contributed by atoms with van der Waals surface area (Å²) in [6.07, 6.45) is 1.62. The van der Waals surface area contributed by atoms with Gasteiger partial charge in [0.15, 0.2) is 0 Å². The van der Waals surface area contributed by atoms with Gasteiger partial charge in [-0.3, -0.25) is 9.48 Å². The Kier molecular flexibility index (Phi) is 4.29. The van der Waals surface area contributed by atoms with E-state index in [-0.39, 0.29) is 5.92 Å². The second-order valence-corrected chi connectivity index (χ2v) is 5.77. The molecule has 1 atom stereocenters. The molecule has 6 heteroatoms. The lowest BCUT2D eigenvalue weighted by Gasteiger charge is -2.14. The molecule has 1 unspecified atom stereocenters. The van der Waals surface area contributed by atoms with E-state index in [2.05, 4.69) is 10.00 Å². The van der Waals surface area contributed by atoms with Gasteiger partial charge in [0.2, 0.25) is 5.88 Å². The topological polar surface area (TPSA) is 67.6 Å². The summed E-state index contributed by atoms with van der Waals surface area (Å²) >= 11 is 0.